The molecule has 17 heteroatoms. The van der Waals surface area contributed by atoms with Gasteiger partial charge in [0, 0.05) is 41.3 Å². The van der Waals surface area contributed by atoms with Crippen molar-refractivity contribution in [2.24, 2.45) is 0 Å². The first-order valence-corrected chi connectivity index (χ1v) is 21.3. The molecule has 0 saturated carbocycles. The number of rotatable bonds is 16. The summed E-state index contributed by atoms with van der Waals surface area (Å²) in [7, 11) is 0. The summed E-state index contributed by atoms with van der Waals surface area (Å²) in [5, 5.41) is 0. The van der Waals surface area contributed by atoms with Crippen molar-refractivity contribution >= 4 is 68.2 Å². The molecule has 2 N–H and O–H groups in total. The molecule has 344 valence electrons. The van der Waals surface area contributed by atoms with E-state index in [1.54, 1.807) is 39.8 Å². The summed E-state index contributed by atoms with van der Waals surface area (Å²) in [4.78, 5) is 67.9. The highest BCUT2D eigenvalue weighted by molar-refractivity contribution is 5.96. The number of halogens is 5. The van der Waals surface area contributed by atoms with Crippen molar-refractivity contribution in [3.8, 4) is 5.75 Å². The normalized spacial score (nSPS) is 12.5. The fourth-order valence-electron chi connectivity index (χ4n) is 7.94. The molecule has 1 aromatic carbocycles. The number of hydrogen-bond acceptors (Lipinski definition) is 10. The Labute approximate surface area is 371 Å². The number of aromatic amines is 2. The zero-order chi connectivity index (χ0) is 47.3. The number of esters is 4. The van der Waals surface area contributed by atoms with Gasteiger partial charge in [-0.1, -0.05) is 0 Å². The van der Waals surface area contributed by atoms with Crippen LogP contribution in [0.3, 0.4) is 0 Å². The summed E-state index contributed by atoms with van der Waals surface area (Å²) in [5.41, 5.74) is 10.4. The number of H-pyrrole nitrogens is 2. The first-order chi connectivity index (χ1) is 31.0. The Hall–Kier alpha value is -6.65. The second-order valence-corrected chi connectivity index (χ2v) is 15.4. The molecular weight excluding hydrogens is 856 g/mol. The highest BCUT2D eigenvalue weighted by Crippen LogP contribution is 2.39. The van der Waals surface area contributed by atoms with Gasteiger partial charge < -0.3 is 28.9 Å². The van der Waals surface area contributed by atoms with E-state index >= 15 is 0 Å². The number of fused-ring (bicyclic) bond motifs is 8. The maximum atomic E-state index is 14.5. The number of benzene rings is 1. The van der Waals surface area contributed by atoms with E-state index in [1.807, 2.05) is 32.9 Å². The van der Waals surface area contributed by atoms with Gasteiger partial charge in [0.2, 0.25) is 34.8 Å². The number of nitrogens with zero attached hydrogens (tertiary/aromatic N) is 2. The van der Waals surface area contributed by atoms with Crippen molar-refractivity contribution in [3.63, 3.8) is 0 Å². The lowest BCUT2D eigenvalue weighted by Crippen LogP contribution is -2.14. The molecule has 2 aliphatic heterocycles. The molecule has 2 aliphatic rings. The molecule has 65 heavy (non-hydrogen) atoms. The number of carbonyl (C=O) groups is 4. The second kappa shape index (κ2) is 20.5. The summed E-state index contributed by atoms with van der Waals surface area (Å²) in [5.74, 6) is -15.5. The van der Waals surface area contributed by atoms with Gasteiger partial charge in [0.15, 0.2) is 0 Å². The standard InChI is InChI=1S/C48H49F5N4O8/c1-8-62-39(58)15-11-27-23(4)31-20-36-29(13-17-41(60)64-10-3)25(6)33(56-36)22-38-30(14-18-42(61)65-48-46(52)44(50)43(49)45(51)47(48)53)26(7)34(57-38)21-37-28(12-16-40(59)63-9-2)24(5)32(55-37)19-35(27)54-31/h19-22,56-57H,8-18H2,1-7H3. The largest absolute Gasteiger partial charge is 0.466 e. The van der Waals surface area contributed by atoms with Crippen LogP contribution in [-0.4, -0.2) is 63.6 Å². The van der Waals surface area contributed by atoms with Gasteiger partial charge in [0.25, 0.3) is 0 Å². The van der Waals surface area contributed by atoms with Crippen LogP contribution in [0.4, 0.5) is 22.0 Å². The van der Waals surface area contributed by atoms with Crippen LogP contribution in [0.25, 0.3) is 44.4 Å². The number of hydrogen-bond donors (Lipinski definition) is 2. The van der Waals surface area contributed by atoms with Crippen LogP contribution in [0, 0.1) is 42.9 Å². The molecule has 3 aromatic heterocycles. The Kier molecular flexibility index (Phi) is 15.1. The zero-order valence-corrected chi connectivity index (χ0v) is 37.1. The molecule has 6 rings (SSSR count). The summed E-state index contributed by atoms with van der Waals surface area (Å²) >= 11 is 0. The van der Waals surface area contributed by atoms with Crippen molar-refractivity contribution in [2.45, 2.75) is 99.8 Å². The predicted octanol–water partition coefficient (Wildman–Crippen LogP) is 10.2. The molecule has 0 fully saturated rings. The zero-order valence-electron chi connectivity index (χ0n) is 37.1. The molecule has 0 atom stereocenters. The van der Waals surface area contributed by atoms with E-state index in [0.717, 1.165) is 33.4 Å². The van der Waals surface area contributed by atoms with E-state index in [0.29, 0.717) is 68.8 Å². The molecule has 0 saturated heterocycles. The minimum absolute atomic E-state index is 0.0597. The number of allylic oxidation sites excluding steroid dienone is 4. The van der Waals surface area contributed by atoms with Crippen molar-refractivity contribution in [1.29, 1.82) is 0 Å². The average molecular weight is 905 g/mol. The summed E-state index contributed by atoms with van der Waals surface area (Å²) in [6, 6.07) is 7.30. The molecule has 5 heterocycles. The van der Waals surface area contributed by atoms with E-state index in [9.17, 15) is 41.1 Å². The third-order valence-electron chi connectivity index (χ3n) is 11.4. The quantitative estimate of drug-likeness (QED) is 0.0276. The Balaban J connectivity index is 1.58. The van der Waals surface area contributed by atoms with Crippen LogP contribution < -0.4 is 4.74 Å². The van der Waals surface area contributed by atoms with Crippen LogP contribution >= 0.6 is 0 Å². The van der Waals surface area contributed by atoms with Gasteiger partial charge >= 0.3 is 23.9 Å². The van der Waals surface area contributed by atoms with E-state index < -0.39 is 53.2 Å². The van der Waals surface area contributed by atoms with Gasteiger partial charge in [-0.15, -0.1) is 0 Å². The minimum atomic E-state index is -2.39. The number of ether oxygens (including phenoxy) is 4. The third kappa shape index (κ3) is 10.3. The van der Waals surface area contributed by atoms with Gasteiger partial charge in [-0.25, -0.2) is 23.1 Å². The average Bonchev–Trinajstić information content (AvgIpc) is 3.93. The SMILES string of the molecule is CCOC(=O)CCC1=C(C)c2cc3[nH]c(cc4[nH]c(cc5nc(cc1n2)C(C)=C5CCC(=O)OCC)c(C)c4CCC(=O)Oc1c(F)c(F)c(F)c(F)c1F)c(C)c3CCC(=O)OCC. The van der Waals surface area contributed by atoms with Gasteiger partial charge in [0.05, 0.1) is 49.0 Å². The smallest absolute Gasteiger partial charge is 0.311 e. The van der Waals surface area contributed by atoms with Crippen LogP contribution in [-0.2, 0) is 46.2 Å². The maximum Gasteiger partial charge on any atom is 0.311 e. The number of aromatic nitrogens is 4. The molecule has 12 nitrogen and oxygen atoms in total. The molecule has 8 bridgehead atoms. The van der Waals surface area contributed by atoms with Crippen molar-refractivity contribution in [1.82, 2.24) is 19.9 Å². The first kappa shape index (κ1) is 47.8. The molecule has 0 unspecified atom stereocenters. The molecular formula is C48H49F5N4O8. The third-order valence-corrected chi connectivity index (χ3v) is 11.4. The lowest BCUT2D eigenvalue weighted by Gasteiger charge is -2.09. The summed E-state index contributed by atoms with van der Waals surface area (Å²) in [6.45, 7) is 13.3. The van der Waals surface area contributed by atoms with E-state index in [-0.39, 0.29) is 63.9 Å². The Morgan fingerprint density at radius 2 is 0.846 bits per heavy atom. The second-order valence-electron chi connectivity index (χ2n) is 15.4. The monoisotopic (exact) mass is 904 g/mol. The fourth-order valence-corrected chi connectivity index (χ4v) is 7.94. The van der Waals surface area contributed by atoms with Crippen molar-refractivity contribution in [3.05, 3.63) is 98.4 Å². The van der Waals surface area contributed by atoms with Gasteiger partial charge in [-0.3, -0.25) is 19.2 Å². The van der Waals surface area contributed by atoms with Crippen LogP contribution in [0.5, 0.6) is 5.75 Å². The molecule has 0 aliphatic carbocycles. The van der Waals surface area contributed by atoms with Crippen LogP contribution in [0.1, 0.15) is 118 Å². The lowest BCUT2D eigenvalue weighted by molar-refractivity contribution is -0.143. The molecule has 0 spiro atoms. The fraction of sp³-hybridized carbons (Fsp3) is 0.375. The van der Waals surface area contributed by atoms with E-state index in [4.69, 9.17) is 28.9 Å². The van der Waals surface area contributed by atoms with Crippen molar-refractivity contribution < 1.29 is 60.1 Å². The summed E-state index contributed by atoms with van der Waals surface area (Å²) in [6.07, 6.45) is 0.483. The van der Waals surface area contributed by atoms with Gasteiger partial charge in [0.1, 0.15) is 0 Å². The minimum Gasteiger partial charge on any atom is -0.466 e. The first-order valence-electron chi connectivity index (χ1n) is 21.3. The Bertz CT molecular complexity index is 2800. The molecule has 0 radical (unpaired) electrons. The van der Waals surface area contributed by atoms with Crippen LogP contribution in [0.15, 0.2) is 24.3 Å². The molecule has 4 aromatic rings. The number of nitrogens with one attached hydrogen (secondary N) is 2. The van der Waals surface area contributed by atoms with E-state index in [1.165, 1.54) is 0 Å². The topological polar surface area (TPSA) is 163 Å². The number of carbonyl (C=O) groups excluding carboxylic acids is 4. The van der Waals surface area contributed by atoms with Crippen LogP contribution in [0.2, 0.25) is 0 Å². The number of aryl methyl sites for hydroxylation is 4. The highest BCUT2D eigenvalue weighted by atomic mass is 19.2. The Morgan fingerprint density at radius 3 is 1.32 bits per heavy atom. The van der Waals surface area contributed by atoms with Crippen molar-refractivity contribution in [2.75, 3.05) is 19.8 Å². The predicted molar refractivity (Wildman–Crippen MR) is 232 cm³/mol. The molecule has 0 amide bonds. The lowest BCUT2D eigenvalue weighted by atomic mass is 9.98. The highest BCUT2D eigenvalue weighted by Gasteiger charge is 2.29. The Morgan fingerprint density at radius 1 is 0.477 bits per heavy atom. The van der Waals surface area contributed by atoms with E-state index in [2.05, 4.69) is 9.97 Å². The maximum absolute atomic E-state index is 14.5. The van der Waals surface area contributed by atoms with Gasteiger partial charge in [-0.2, -0.15) is 8.78 Å². The van der Waals surface area contributed by atoms with Gasteiger partial charge in [-0.05, 0) is 143 Å². The summed E-state index contributed by atoms with van der Waals surface area (Å²) < 4.78 is 91.0.